The average Bonchev–Trinajstić information content (AvgIpc) is 3.31. The maximum Gasteiger partial charge on any atom is 0.251 e. The number of carbonyl (C=O) groups excluding carboxylic acids is 1. The molecule has 1 aromatic rings. The summed E-state index contributed by atoms with van der Waals surface area (Å²) in [6.07, 6.45) is 12.6. The maximum atomic E-state index is 12.8. The molecule has 3 fully saturated rings. The number of benzene rings is 1. The van der Waals surface area contributed by atoms with Gasteiger partial charge >= 0.3 is 0 Å². The van der Waals surface area contributed by atoms with Crippen LogP contribution in [0.15, 0.2) is 24.3 Å². The van der Waals surface area contributed by atoms with Crippen molar-refractivity contribution in [1.29, 1.82) is 0 Å². The van der Waals surface area contributed by atoms with Crippen molar-refractivity contribution in [1.82, 2.24) is 10.2 Å². The Labute approximate surface area is 175 Å². The second kappa shape index (κ2) is 9.94. The number of piperidine rings is 1. The van der Waals surface area contributed by atoms with Gasteiger partial charge in [0.1, 0.15) is 12.4 Å². The van der Waals surface area contributed by atoms with Gasteiger partial charge in [-0.1, -0.05) is 25.7 Å². The highest BCUT2D eigenvalue weighted by Gasteiger charge is 2.38. The molecule has 5 nitrogen and oxygen atoms in total. The van der Waals surface area contributed by atoms with Crippen LogP contribution < -0.4 is 10.1 Å². The number of hydrogen-bond acceptors (Lipinski definition) is 4. The lowest BCUT2D eigenvalue weighted by Crippen LogP contribution is -2.58. The molecule has 160 valence electrons. The highest BCUT2D eigenvalue weighted by atomic mass is 16.5. The molecule has 0 aromatic heterocycles. The first-order valence-electron chi connectivity index (χ1n) is 11.6. The highest BCUT2D eigenvalue weighted by Crippen LogP contribution is 2.35. The first kappa shape index (κ1) is 20.7. The van der Waals surface area contributed by atoms with E-state index in [0.717, 1.165) is 31.7 Å². The molecule has 1 saturated carbocycles. The van der Waals surface area contributed by atoms with Crippen LogP contribution in [-0.4, -0.2) is 55.3 Å². The first-order chi connectivity index (χ1) is 14.3. The second-order valence-corrected chi connectivity index (χ2v) is 8.99. The van der Waals surface area contributed by atoms with Crippen LogP contribution in [-0.2, 0) is 4.74 Å². The number of rotatable bonds is 7. The Morgan fingerprint density at radius 3 is 2.45 bits per heavy atom. The van der Waals surface area contributed by atoms with Crippen LogP contribution in [0.2, 0.25) is 0 Å². The van der Waals surface area contributed by atoms with Crippen molar-refractivity contribution in [2.75, 3.05) is 32.8 Å². The second-order valence-electron chi connectivity index (χ2n) is 8.99. The molecular formula is C24H36N2O3. The quantitative estimate of drug-likeness (QED) is 0.747. The van der Waals surface area contributed by atoms with Gasteiger partial charge in [-0.15, -0.1) is 0 Å². The lowest BCUT2D eigenvalue weighted by molar-refractivity contribution is 0.0326. The van der Waals surface area contributed by atoms with Gasteiger partial charge in [-0.2, -0.15) is 0 Å². The van der Waals surface area contributed by atoms with Gasteiger partial charge in [0.05, 0.1) is 6.10 Å². The molecule has 29 heavy (non-hydrogen) atoms. The Morgan fingerprint density at radius 1 is 1.03 bits per heavy atom. The monoisotopic (exact) mass is 400 g/mol. The summed E-state index contributed by atoms with van der Waals surface area (Å²) in [7, 11) is 0. The molecule has 0 spiro atoms. The number of ether oxygens (including phenoxy) is 2. The molecule has 2 aliphatic heterocycles. The van der Waals surface area contributed by atoms with E-state index in [1.807, 2.05) is 24.3 Å². The topological polar surface area (TPSA) is 50.8 Å². The number of likely N-dealkylation sites (tertiary alicyclic amines) is 1. The van der Waals surface area contributed by atoms with E-state index in [2.05, 4.69) is 10.2 Å². The summed E-state index contributed by atoms with van der Waals surface area (Å²) in [6.45, 7) is 4.57. The summed E-state index contributed by atoms with van der Waals surface area (Å²) < 4.78 is 11.4. The summed E-state index contributed by atoms with van der Waals surface area (Å²) in [5.74, 6) is 0.826. The Bertz CT molecular complexity index is 643. The van der Waals surface area contributed by atoms with Crippen molar-refractivity contribution in [2.24, 2.45) is 0 Å². The van der Waals surface area contributed by atoms with Crippen molar-refractivity contribution in [3.63, 3.8) is 0 Å². The minimum absolute atomic E-state index is 0.0256. The first-order valence-corrected chi connectivity index (χ1v) is 11.6. The van der Waals surface area contributed by atoms with Gasteiger partial charge in [0.15, 0.2) is 0 Å². The van der Waals surface area contributed by atoms with Gasteiger partial charge in [0.25, 0.3) is 5.91 Å². The zero-order valence-electron chi connectivity index (χ0n) is 17.7. The zero-order chi connectivity index (χ0) is 19.9. The van der Waals surface area contributed by atoms with Crippen molar-refractivity contribution >= 4 is 5.91 Å². The van der Waals surface area contributed by atoms with E-state index in [4.69, 9.17) is 9.47 Å². The lowest BCUT2D eigenvalue weighted by Gasteiger charge is -2.48. The van der Waals surface area contributed by atoms with Crippen LogP contribution >= 0.6 is 0 Å². The predicted octanol–water partition coefficient (Wildman–Crippen LogP) is 4.16. The van der Waals surface area contributed by atoms with E-state index in [1.54, 1.807) is 0 Å². The molecule has 1 atom stereocenters. The Hall–Kier alpha value is -1.59. The number of carbonyl (C=O) groups is 1. The van der Waals surface area contributed by atoms with Crippen LogP contribution in [0, 0.1) is 0 Å². The summed E-state index contributed by atoms with van der Waals surface area (Å²) >= 11 is 0. The third-order valence-electron chi connectivity index (χ3n) is 6.97. The maximum absolute atomic E-state index is 12.8. The molecule has 0 radical (unpaired) electrons. The highest BCUT2D eigenvalue weighted by molar-refractivity contribution is 5.94. The summed E-state index contributed by atoms with van der Waals surface area (Å²) in [5.41, 5.74) is 0.873. The fourth-order valence-corrected chi connectivity index (χ4v) is 5.20. The molecular weight excluding hydrogens is 364 g/mol. The van der Waals surface area contributed by atoms with Crippen LogP contribution in [0.3, 0.4) is 0 Å². The van der Waals surface area contributed by atoms with E-state index < -0.39 is 0 Å². The van der Waals surface area contributed by atoms with E-state index in [9.17, 15) is 4.79 Å². The minimum Gasteiger partial charge on any atom is -0.491 e. The number of nitrogens with zero attached hydrogens (tertiary/aromatic N) is 1. The van der Waals surface area contributed by atoms with E-state index in [0.29, 0.717) is 12.2 Å². The van der Waals surface area contributed by atoms with Gasteiger partial charge in [0, 0.05) is 24.3 Å². The van der Waals surface area contributed by atoms with Gasteiger partial charge in [-0.05, 0) is 75.9 Å². The average molecular weight is 401 g/mol. The predicted molar refractivity (Wildman–Crippen MR) is 114 cm³/mol. The normalized spacial score (nSPS) is 24.9. The number of amides is 1. The van der Waals surface area contributed by atoms with Gasteiger partial charge in [-0.25, -0.2) is 0 Å². The van der Waals surface area contributed by atoms with Gasteiger partial charge < -0.3 is 14.8 Å². The van der Waals surface area contributed by atoms with E-state index >= 15 is 0 Å². The Balaban J connectivity index is 1.31. The van der Waals surface area contributed by atoms with Crippen LogP contribution in [0.5, 0.6) is 5.75 Å². The largest absolute Gasteiger partial charge is 0.491 e. The molecule has 1 N–H and O–H groups in total. The smallest absolute Gasteiger partial charge is 0.251 e. The summed E-state index contributed by atoms with van der Waals surface area (Å²) in [6, 6.07) is 7.53. The van der Waals surface area contributed by atoms with Crippen molar-refractivity contribution in [2.45, 2.75) is 75.9 Å². The molecule has 2 saturated heterocycles. The van der Waals surface area contributed by atoms with Crippen LogP contribution in [0.25, 0.3) is 0 Å². The standard InChI is InChI=1S/C24H36N2O3/c27-23(20-9-11-21(12-10-20)29-18-22-8-7-17-28-22)25-19-24(13-3-1-4-14-24)26-15-5-2-6-16-26/h9-12,22H,1-8,13-19H2,(H,25,27)/t22-/m0/s1. The van der Waals surface area contributed by atoms with E-state index in [-0.39, 0.29) is 17.6 Å². The lowest BCUT2D eigenvalue weighted by atomic mass is 9.79. The SMILES string of the molecule is O=C(NCC1(N2CCCCC2)CCCCC1)c1ccc(OC[C@@H]2CCCO2)cc1. The van der Waals surface area contributed by atoms with Gasteiger partial charge in [0.2, 0.25) is 0 Å². The van der Waals surface area contributed by atoms with Crippen molar-refractivity contribution in [3.8, 4) is 5.75 Å². The zero-order valence-corrected chi connectivity index (χ0v) is 17.7. The molecule has 4 rings (SSSR count). The summed E-state index contributed by atoms with van der Waals surface area (Å²) in [5, 5.41) is 3.26. The number of nitrogens with one attached hydrogen (secondary N) is 1. The fourth-order valence-electron chi connectivity index (χ4n) is 5.20. The van der Waals surface area contributed by atoms with Crippen molar-refractivity contribution in [3.05, 3.63) is 29.8 Å². The number of hydrogen-bond donors (Lipinski definition) is 1. The molecule has 1 aliphatic carbocycles. The molecule has 5 heteroatoms. The van der Waals surface area contributed by atoms with Crippen LogP contribution in [0.1, 0.15) is 74.6 Å². The third-order valence-corrected chi connectivity index (χ3v) is 6.97. The molecule has 3 aliphatic rings. The van der Waals surface area contributed by atoms with Crippen molar-refractivity contribution < 1.29 is 14.3 Å². The van der Waals surface area contributed by atoms with E-state index in [1.165, 1.54) is 64.5 Å². The summed E-state index contributed by atoms with van der Waals surface area (Å²) in [4.78, 5) is 15.5. The third kappa shape index (κ3) is 5.32. The Morgan fingerprint density at radius 2 is 1.76 bits per heavy atom. The van der Waals surface area contributed by atoms with Crippen LogP contribution in [0.4, 0.5) is 0 Å². The minimum atomic E-state index is 0.0256. The molecule has 0 bridgehead atoms. The molecule has 1 amide bonds. The molecule has 0 unspecified atom stereocenters. The molecule has 2 heterocycles. The van der Waals surface area contributed by atoms with Gasteiger partial charge in [-0.3, -0.25) is 9.69 Å². The Kier molecular flexibility index (Phi) is 7.09. The molecule has 1 aromatic carbocycles. The fraction of sp³-hybridized carbons (Fsp3) is 0.708.